The summed E-state index contributed by atoms with van der Waals surface area (Å²) in [6.45, 7) is 0.320. The largest absolute Gasteiger partial charge is 0.353 e. The molecule has 4 amide bonds. The lowest BCUT2D eigenvalue weighted by molar-refractivity contribution is -0.131. The van der Waals surface area contributed by atoms with Crippen LogP contribution in [0.2, 0.25) is 0 Å². The Morgan fingerprint density at radius 3 is 2.45 bits per heavy atom. The van der Waals surface area contributed by atoms with Gasteiger partial charge in [0.2, 0.25) is 5.91 Å². The highest BCUT2D eigenvalue weighted by Crippen LogP contribution is 2.35. The van der Waals surface area contributed by atoms with E-state index in [1.807, 2.05) is 6.07 Å². The zero-order chi connectivity index (χ0) is 20.3. The average molecular weight is 398 g/mol. The van der Waals surface area contributed by atoms with Gasteiger partial charge in [-0.3, -0.25) is 14.5 Å². The third kappa shape index (κ3) is 4.31. The summed E-state index contributed by atoms with van der Waals surface area (Å²) in [6.07, 6.45) is 8.49. The minimum atomic E-state index is -0.656. The van der Waals surface area contributed by atoms with Gasteiger partial charge in [0, 0.05) is 19.0 Å². The molecule has 2 aliphatic carbocycles. The second kappa shape index (κ2) is 8.56. The maximum absolute atomic E-state index is 12.6. The zero-order valence-electron chi connectivity index (χ0n) is 17.0. The molecule has 1 aromatic rings. The number of carbonyl (C=O) groups is 3. The maximum atomic E-state index is 12.6. The number of rotatable bonds is 6. The van der Waals surface area contributed by atoms with Crippen LogP contribution in [-0.4, -0.2) is 40.9 Å². The normalized spacial score (nSPS) is 26.0. The molecule has 0 aromatic heterocycles. The van der Waals surface area contributed by atoms with Gasteiger partial charge in [-0.15, -0.1) is 0 Å². The summed E-state index contributed by atoms with van der Waals surface area (Å²) in [5, 5.41) is 6.03. The van der Waals surface area contributed by atoms with E-state index in [-0.39, 0.29) is 23.9 Å². The number of hydrogen-bond acceptors (Lipinski definition) is 3. The van der Waals surface area contributed by atoms with Crippen LogP contribution in [0.15, 0.2) is 30.3 Å². The number of nitrogens with one attached hydrogen (secondary N) is 2. The second-order valence-electron chi connectivity index (χ2n) is 8.81. The summed E-state index contributed by atoms with van der Waals surface area (Å²) in [5.41, 5.74) is 0.738. The fourth-order valence-corrected chi connectivity index (χ4v) is 5.19. The molecular weight excluding hydrogens is 366 g/mol. The average Bonchev–Trinajstić information content (AvgIpc) is 3.29. The summed E-state index contributed by atoms with van der Waals surface area (Å²) in [4.78, 5) is 38.4. The van der Waals surface area contributed by atoms with Gasteiger partial charge in [0.15, 0.2) is 0 Å². The second-order valence-corrected chi connectivity index (χ2v) is 8.81. The van der Waals surface area contributed by atoms with Crippen molar-refractivity contribution < 1.29 is 14.4 Å². The highest BCUT2D eigenvalue weighted by molar-refractivity contribution is 6.07. The van der Waals surface area contributed by atoms with Crippen molar-refractivity contribution in [1.29, 1.82) is 0 Å². The summed E-state index contributed by atoms with van der Waals surface area (Å²) in [6, 6.07) is 10.5. The molecule has 6 heteroatoms. The molecule has 0 radical (unpaired) electrons. The lowest BCUT2D eigenvalue weighted by Gasteiger charge is -2.29. The van der Waals surface area contributed by atoms with Crippen LogP contribution in [0, 0.1) is 0 Å². The Morgan fingerprint density at radius 2 is 1.76 bits per heavy atom. The van der Waals surface area contributed by atoms with E-state index < -0.39 is 5.54 Å². The zero-order valence-corrected chi connectivity index (χ0v) is 17.0. The van der Waals surface area contributed by atoms with E-state index in [1.54, 1.807) is 0 Å². The summed E-state index contributed by atoms with van der Waals surface area (Å²) < 4.78 is 0. The summed E-state index contributed by atoms with van der Waals surface area (Å²) in [5.74, 6) is 0.516. The molecule has 3 aliphatic rings. The Bertz CT molecular complexity index is 750. The Labute approximate surface area is 172 Å². The number of carbonyl (C=O) groups excluding carboxylic acids is 3. The highest BCUT2D eigenvalue weighted by atomic mass is 16.2. The van der Waals surface area contributed by atoms with E-state index in [1.165, 1.54) is 10.5 Å². The van der Waals surface area contributed by atoms with Crippen LogP contribution in [0.1, 0.15) is 75.7 Å². The van der Waals surface area contributed by atoms with Gasteiger partial charge in [0.25, 0.3) is 5.91 Å². The fraction of sp³-hybridized carbons (Fsp3) is 0.609. The first-order chi connectivity index (χ1) is 14.1. The van der Waals surface area contributed by atoms with Gasteiger partial charge in [-0.05, 0) is 56.4 Å². The standard InChI is InChI=1S/C23H31N3O3/c27-20(24-19-12-10-18(11-13-19)17-7-2-1-3-8-17)9-6-16-26-21(28)23(25-22(26)29)14-4-5-15-23/h1-3,7-8,18-19H,4-6,9-16H2,(H,24,27)(H,25,29). The van der Waals surface area contributed by atoms with E-state index in [0.29, 0.717) is 25.3 Å². The number of imide groups is 1. The van der Waals surface area contributed by atoms with E-state index >= 15 is 0 Å². The third-order valence-corrected chi connectivity index (χ3v) is 6.85. The molecule has 1 spiro atoms. The minimum absolute atomic E-state index is 0.0239. The lowest BCUT2D eigenvalue weighted by Crippen LogP contribution is -2.44. The number of nitrogens with zero attached hydrogens (tertiary/aromatic N) is 1. The molecule has 1 aromatic carbocycles. The van der Waals surface area contributed by atoms with E-state index in [2.05, 4.69) is 34.9 Å². The molecule has 0 unspecified atom stereocenters. The van der Waals surface area contributed by atoms with Crippen LogP contribution in [-0.2, 0) is 9.59 Å². The summed E-state index contributed by atoms with van der Waals surface area (Å²) >= 11 is 0. The Hall–Kier alpha value is -2.37. The molecule has 2 N–H and O–H groups in total. The van der Waals surface area contributed by atoms with Gasteiger partial charge in [-0.1, -0.05) is 43.2 Å². The molecule has 1 saturated heterocycles. The van der Waals surface area contributed by atoms with Crippen LogP contribution >= 0.6 is 0 Å². The molecule has 4 rings (SSSR count). The van der Waals surface area contributed by atoms with Gasteiger partial charge in [-0.25, -0.2) is 4.79 Å². The Balaban J connectivity index is 1.17. The first-order valence-corrected chi connectivity index (χ1v) is 11.1. The monoisotopic (exact) mass is 397 g/mol. The first kappa shape index (κ1) is 19.9. The number of benzene rings is 1. The van der Waals surface area contributed by atoms with Gasteiger partial charge >= 0.3 is 6.03 Å². The highest BCUT2D eigenvalue weighted by Gasteiger charge is 2.52. The molecule has 1 heterocycles. The van der Waals surface area contributed by atoms with Crippen LogP contribution in [0.4, 0.5) is 4.79 Å². The molecule has 0 bridgehead atoms. The van der Waals surface area contributed by atoms with Crippen LogP contribution in [0.25, 0.3) is 0 Å². The van der Waals surface area contributed by atoms with Crippen molar-refractivity contribution in [2.75, 3.05) is 6.54 Å². The smallest absolute Gasteiger partial charge is 0.325 e. The van der Waals surface area contributed by atoms with Crippen molar-refractivity contribution in [3.63, 3.8) is 0 Å². The molecule has 3 fully saturated rings. The van der Waals surface area contributed by atoms with Gasteiger partial charge in [-0.2, -0.15) is 0 Å². The number of hydrogen-bond donors (Lipinski definition) is 2. The predicted octanol–water partition coefficient (Wildman–Crippen LogP) is 3.47. The van der Waals surface area contributed by atoms with Gasteiger partial charge in [0.1, 0.15) is 5.54 Å². The van der Waals surface area contributed by atoms with E-state index in [4.69, 9.17) is 0 Å². The van der Waals surface area contributed by atoms with Crippen molar-refractivity contribution >= 4 is 17.8 Å². The van der Waals surface area contributed by atoms with E-state index in [9.17, 15) is 14.4 Å². The minimum Gasteiger partial charge on any atom is -0.353 e. The third-order valence-electron chi connectivity index (χ3n) is 6.85. The first-order valence-electron chi connectivity index (χ1n) is 11.1. The Morgan fingerprint density at radius 1 is 1.07 bits per heavy atom. The molecular formula is C23H31N3O3. The SMILES string of the molecule is O=C(CCCN1C(=O)NC2(CCCC2)C1=O)NC1CCC(c2ccccc2)CC1. The summed E-state index contributed by atoms with van der Waals surface area (Å²) in [7, 11) is 0. The fourth-order valence-electron chi connectivity index (χ4n) is 5.19. The van der Waals surface area contributed by atoms with Crippen molar-refractivity contribution in [2.45, 2.75) is 81.7 Å². The van der Waals surface area contributed by atoms with E-state index in [0.717, 1.165) is 51.4 Å². The van der Waals surface area contributed by atoms with Crippen LogP contribution in [0.5, 0.6) is 0 Å². The predicted molar refractivity (Wildman–Crippen MR) is 110 cm³/mol. The molecule has 2 saturated carbocycles. The molecule has 0 atom stereocenters. The lowest BCUT2D eigenvalue weighted by atomic mass is 9.82. The number of urea groups is 1. The molecule has 1 aliphatic heterocycles. The van der Waals surface area contributed by atoms with Gasteiger partial charge < -0.3 is 10.6 Å². The van der Waals surface area contributed by atoms with Crippen molar-refractivity contribution in [3.8, 4) is 0 Å². The van der Waals surface area contributed by atoms with Gasteiger partial charge in [0.05, 0.1) is 0 Å². The molecule has 6 nitrogen and oxygen atoms in total. The maximum Gasteiger partial charge on any atom is 0.325 e. The van der Waals surface area contributed by atoms with Crippen molar-refractivity contribution in [2.24, 2.45) is 0 Å². The topological polar surface area (TPSA) is 78.5 Å². The van der Waals surface area contributed by atoms with Crippen molar-refractivity contribution in [3.05, 3.63) is 35.9 Å². The van der Waals surface area contributed by atoms with Crippen LogP contribution in [0.3, 0.4) is 0 Å². The number of amides is 4. The molecule has 156 valence electrons. The quantitative estimate of drug-likeness (QED) is 0.722. The van der Waals surface area contributed by atoms with Crippen LogP contribution < -0.4 is 10.6 Å². The molecule has 29 heavy (non-hydrogen) atoms. The Kier molecular flexibility index (Phi) is 5.88. The van der Waals surface area contributed by atoms with Crippen molar-refractivity contribution in [1.82, 2.24) is 15.5 Å².